The van der Waals surface area contributed by atoms with Crippen LogP contribution < -0.4 is 10.4 Å². The molecule has 3 nitrogen and oxygen atoms in total. The minimum absolute atomic E-state index is 0.105. The maximum atomic E-state index is 8.14. The van der Waals surface area contributed by atoms with Crippen LogP contribution in [0.4, 0.5) is 0 Å². The molecule has 0 bridgehead atoms. The van der Waals surface area contributed by atoms with Crippen LogP contribution in [0.3, 0.4) is 0 Å². The molecular weight excluding hydrogens is 613 g/mol. The van der Waals surface area contributed by atoms with Crippen molar-refractivity contribution in [3.8, 4) is 0 Å². The van der Waals surface area contributed by atoms with Gasteiger partial charge in [0.05, 0.1) is 6.61 Å². The molecule has 0 aliphatic heterocycles. The summed E-state index contributed by atoms with van der Waals surface area (Å²) in [5, 5.41) is 10.5. The second kappa shape index (κ2) is 20.0. The van der Waals surface area contributed by atoms with Crippen molar-refractivity contribution in [3.63, 3.8) is 0 Å². The van der Waals surface area contributed by atoms with E-state index in [0.29, 0.717) is 6.61 Å². The van der Waals surface area contributed by atoms with Crippen LogP contribution in [0.25, 0.3) is 0 Å². The highest BCUT2D eigenvalue weighted by molar-refractivity contribution is 6.99. The third-order valence-corrected chi connectivity index (χ3v) is 13.6. The molecule has 0 saturated heterocycles. The van der Waals surface area contributed by atoms with Gasteiger partial charge in [-0.25, -0.2) is 0 Å². The molecule has 240 valence electrons. The summed E-state index contributed by atoms with van der Waals surface area (Å²) < 4.78 is 10.9. The number of benzene rings is 2. The van der Waals surface area contributed by atoms with Crippen LogP contribution in [0.5, 0.6) is 0 Å². The average molecular weight is 667 g/mol. The van der Waals surface area contributed by atoms with Crippen molar-refractivity contribution in [1.82, 2.24) is 0 Å². The lowest BCUT2D eigenvalue weighted by Gasteiger charge is -2.42. The summed E-state index contributed by atoms with van der Waals surface area (Å²) in [4.78, 5) is 0. The normalized spacial score (nSPS) is 13.4. The largest absolute Gasteiger partial charge is 0.471 e. The van der Waals surface area contributed by atoms with Gasteiger partial charge >= 0.3 is 0 Å². The molecule has 0 amide bonds. The topological polar surface area (TPSA) is 42.3 Å². The number of unbranched alkanes of at least 4 members (excludes halogenated alkanes) is 11. The van der Waals surface area contributed by atoms with Crippen molar-refractivity contribution in [2.45, 2.75) is 126 Å². The molecule has 0 aromatic heterocycles. The molecule has 43 heavy (non-hydrogen) atoms. The molecule has 0 saturated carbocycles. The Bertz CT molecular complexity index is 1010. The fourth-order valence-corrected chi connectivity index (χ4v) is 10.4. The van der Waals surface area contributed by atoms with Gasteiger partial charge in [-0.2, -0.15) is 0 Å². The number of alkyl halides is 3. The van der Waals surface area contributed by atoms with Crippen molar-refractivity contribution in [1.29, 1.82) is 5.41 Å². The number of halogens is 3. The van der Waals surface area contributed by atoms with Crippen molar-refractivity contribution in [2.24, 2.45) is 0 Å². The van der Waals surface area contributed by atoms with Crippen LogP contribution in [-0.4, -0.2) is 30.7 Å². The van der Waals surface area contributed by atoms with Crippen LogP contribution in [-0.2, 0) is 9.16 Å². The van der Waals surface area contributed by atoms with Gasteiger partial charge in [-0.05, 0) is 34.3 Å². The fraction of sp³-hybridized carbons (Fsp3) is 0.583. The molecule has 1 N–H and O–H groups in total. The Kier molecular flexibility index (Phi) is 17.6. The maximum absolute atomic E-state index is 8.14. The molecule has 2 aromatic carbocycles. The second-order valence-corrected chi connectivity index (χ2v) is 19.2. The second-order valence-electron chi connectivity index (χ2n) is 12.6. The van der Waals surface area contributed by atoms with E-state index in [1.165, 1.54) is 74.6 Å². The first-order valence-corrected chi connectivity index (χ1v) is 19.3. The lowest BCUT2D eigenvalue weighted by molar-refractivity contribution is 0.212. The van der Waals surface area contributed by atoms with Crippen molar-refractivity contribution in [3.05, 3.63) is 72.8 Å². The Balaban J connectivity index is 1.99. The third kappa shape index (κ3) is 13.3. The van der Waals surface area contributed by atoms with E-state index in [4.69, 9.17) is 49.4 Å². The van der Waals surface area contributed by atoms with Gasteiger partial charge in [-0.15, -0.1) is 0 Å². The molecule has 0 unspecified atom stereocenters. The van der Waals surface area contributed by atoms with Gasteiger partial charge in [0, 0.05) is 0 Å². The van der Waals surface area contributed by atoms with Crippen LogP contribution >= 0.6 is 34.8 Å². The van der Waals surface area contributed by atoms with E-state index in [0.717, 1.165) is 19.3 Å². The Labute approximate surface area is 278 Å². The molecule has 1 atom stereocenters. The smallest absolute Gasteiger partial charge is 0.265 e. The van der Waals surface area contributed by atoms with E-state index in [-0.39, 0.29) is 17.0 Å². The first-order chi connectivity index (χ1) is 20.5. The van der Waals surface area contributed by atoms with E-state index < -0.39 is 12.1 Å². The highest BCUT2D eigenvalue weighted by Gasteiger charge is 2.49. The van der Waals surface area contributed by atoms with Crippen LogP contribution in [0, 0.1) is 5.41 Å². The fourth-order valence-electron chi connectivity index (χ4n) is 5.74. The van der Waals surface area contributed by atoms with Gasteiger partial charge in [0.25, 0.3) is 12.1 Å². The zero-order valence-electron chi connectivity index (χ0n) is 26.9. The predicted molar refractivity (Wildman–Crippen MR) is 191 cm³/mol. The van der Waals surface area contributed by atoms with Gasteiger partial charge in [0.1, 0.15) is 6.10 Å². The molecule has 0 heterocycles. The minimum atomic E-state index is -2.64. The van der Waals surface area contributed by atoms with Crippen LogP contribution in [0.15, 0.2) is 72.8 Å². The predicted octanol–water partition coefficient (Wildman–Crippen LogP) is 10.9. The van der Waals surface area contributed by atoms with E-state index in [2.05, 4.69) is 76.2 Å². The summed E-state index contributed by atoms with van der Waals surface area (Å²) in [6.07, 6.45) is 19.8. The van der Waals surface area contributed by atoms with E-state index in [1.807, 2.05) is 24.3 Å². The summed E-state index contributed by atoms with van der Waals surface area (Å²) in [6.45, 7) is 9.49. The van der Waals surface area contributed by atoms with Crippen molar-refractivity contribution in [2.75, 3.05) is 6.61 Å². The summed E-state index contributed by atoms with van der Waals surface area (Å²) >= 11 is 17.9. The van der Waals surface area contributed by atoms with E-state index in [1.54, 1.807) is 0 Å². The minimum Gasteiger partial charge on any atom is -0.471 e. The van der Waals surface area contributed by atoms with Gasteiger partial charge in [0.15, 0.2) is 0 Å². The van der Waals surface area contributed by atoms with Crippen LogP contribution in [0.2, 0.25) is 5.04 Å². The van der Waals surface area contributed by atoms with Gasteiger partial charge in [0.2, 0.25) is 5.90 Å². The lowest BCUT2D eigenvalue weighted by atomic mass is 10.0. The zero-order chi connectivity index (χ0) is 31.6. The van der Waals surface area contributed by atoms with E-state index in [9.17, 15) is 0 Å². The first kappa shape index (κ1) is 37.9. The molecule has 2 aromatic rings. The van der Waals surface area contributed by atoms with Gasteiger partial charge < -0.3 is 9.16 Å². The summed E-state index contributed by atoms with van der Waals surface area (Å²) in [6, 6.07) is 21.2. The monoisotopic (exact) mass is 665 g/mol. The molecule has 2 rings (SSSR count). The SMILES string of the molecule is CCCCCCCCCCCCCC[C@H](/C=C\CO[Si](c1ccccc1)(c1ccccc1)C(C)(C)C)OC(=N)C(Cl)(Cl)Cl. The highest BCUT2D eigenvalue weighted by atomic mass is 35.6. The van der Waals surface area contributed by atoms with Crippen molar-refractivity contribution < 1.29 is 9.16 Å². The molecule has 0 aliphatic carbocycles. The molecular formula is C36H54Cl3NO2Si. The average Bonchev–Trinajstić information content (AvgIpc) is 2.97. The number of nitrogens with one attached hydrogen (secondary N) is 1. The Morgan fingerprint density at radius 2 is 1.19 bits per heavy atom. The zero-order valence-corrected chi connectivity index (χ0v) is 30.1. The van der Waals surface area contributed by atoms with E-state index >= 15 is 0 Å². The first-order valence-electron chi connectivity index (χ1n) is 16.3. The summed E-state index contributed by atoms with van der Waals surface area (Å²) in [5.41, 5.74) is 0. The standard InChI is InChI=1S/C36H54Cl3NO2Si/c1-5-6-7-8-9-10-11-12-13-14-15-18-24-31(42-34(40)36(37,38)39)25-23-30-41-43(35(2,3)4,32-26-19-16-20-27-32)33-28-21-17-22-29-33/h16-17,19-23,25-29,31,40H,5-15,18,24,30H2,1-4H3/b25-23-,40-34?/t31-/m1/s1. The molecule has 7 heteroatoms. The number of hydrogen-bond acceptors (Lipinski definition) is 3. The number of hydrogen-bond donors (Lipinski definition) is 1. The number of rotatable bonds is 20. The summed E-state index contributed by atoms with van der Waals surface area (Å²) in [7, 11) is -2.64. The van der Waals surface area contributed by atoms with Gasteiger partial charge in [-0.1, -0.05) is 200 Å². The Morgan fingerprint density at radius 3 is 1.60 bits per heavy atom. The lowest BCUT2D eigenvalue weighted by Crippen LogP contribution is -2.66. The molecule has 0 spiro atoms. The summed E-state index contributed by atoms with van der Waals surface area (Å²) in [5.74, 6) is -0.348. The third-order valence-electron chi connectivity index (χ3n) is 8.03. The maximum Gasteiger partial charge on any atom is 0.265 e. The highest BCUT2D eigenvalue weighted by Crippen LogP contribution is 2.36. The Hall–Kier alpha value is -1.30. The quantitative estimate of drug-likeness (QED) is 0.0382. The molecule has 0 aliphatic rings. The number of ether oxygens (including phenoxy) is 1. The van der Waals surface area contributed by atoms with Gasteiger partial charge in [-0.3, -0.25) is 5.41 Å². The molecule has 0 radical (unpaired) electrons. The Morgan fingerprint density at radius 1 is 0.744 bits per heavy atom. The molecule has 0 fully saturated rings. The van der Waals surface area contributed by atoms with Crippen molar-refractivity contribution >= 4 is 59.4 Å². The van der Waals surface area contributed by atoms with Crippen LogP contribution in [0.1, 0.15) is 111 Å².